The van der Waals surface area contributed by atoms with E-state index < -0.39 is 5.78 Å². The molecule has 2 aromatic carbocycles. The summed E-state index contributed by atoms with van der Waals surface area (Å²) in [5.74, 6) is 0.700. The Morgan fingerprint density at radius 1 is 1.00 bits per heavy atom. The van der Waals surface area contributed by atoms with Gasteiger partial charge in [-0.05, 0) is 42.8 Å². The van der Waals surface area contributed by atoms with E-state index in [0.717, 1.165) is 0 Å². The van der Waals surface area contributed by atoms with Crippen molar-refractivity contribution in [2.45, 2.75) is 6.92 Å². The van der Waals surface area contributed by atoms with Crippen LogP contribution in [0.5, 0.6) is 28.7 Å². The zero-order valence-corrected chi connectivity index (χ0v) is 14.5. The van der Waals surface area contributed by atoms with Crippen LogP contribution in [0.15, 0.2) is 30.3 Å². The van der Waals surface area contributed by atoms with Gasteiger partial charge in [-0.2, -0.15) is 0 Å². The van der Waals surface area contributed by atoms with E-state index in [-0.39, 0.29) is 22.6 Å². The summed E-state index contributed by atoms with van der Waals surface area (Å²) in [7, 11) is 4.52. The number of carbonyl (C=O) groups excluding carboxylic acids is 1. The maximum Gasteiger partial charge on any atom is 0.203 e. The molecule has 25 heavy (non-hydrogen) atoms. The monoisotopic (exact) mass is 344 g/mol. The van der Waals surface area contributed by atoms with Crippen LogP contribution in [-0.4, -0.2) is 37.3 Å². The van der Waals surface area contributed by atoms with Crippen molar-refractivity contribution in [3.8, 4) is 28.7 Å². The summed E-state index contributed by atoms with van der Waals surface area (Å²) in [4.78, 5) is 12.3. The fraction of sp³-hybridized carbons (Fsp3) is 0.211. The molecular formula is C19H20O6. The summed E-state index contributed by atoms with van der Waals surface area (Å²) < 4.78 is 15.8. The first-order valence-electron chi connectivity index (χ1n) is 7.46. The van der Waals surface area contributed by atoms with Gasteiger partial charge in [0.05, 0.1) is 26.9 Å². The molecule has 0 aromatic heterocycles. The van der Waals surface area contributed by atoms with E-state index in [1.165, 1.54) is 46.5 Å². The van der Waals surface area contributed by atoms with Crippen LogP contribution in [0.2, 0.25) is 0 Å². The SMILES string of the molecule is COc1cc(/C=C/C(=O)c2ccc(O)c(C)c2O)cc(OC)c1OC. The Balaban J connectivity index is 2.36. The first kappa shape index (κ1) is 18.2. The molecule has 0 aliphatic heterocycles. The average molecular weight is 344 g/mol. The molecule has 0 radical (unpaired) electrons. The fourth-order valence-electron chi connectivity index (χ4n) is 2.35. The molecule has 2 aromatic rings. The Kier molecular flexibility index (Phi) is 5.54. The molecule has 0 aliphatic rings. The molecule has 6 nitrogen and oxygen atoms in total. The van der Waals surface area contributed by atoms with Crippen molar-refractivity contribution in [2.75, 3.05) is 21.3 Å². The number of ketones is 1. The second kappa shape index (κ2) is 7.61. The molecule has 2 rings (SSSR count). The van der Waals surface area contributed by atoms with Crippen LogP contribution < -0.4 is 14.2 Å². The van der Waals surface area contributed by atoms with Crippen LogP contribution in [0.25, 0.3) is 6.08 Å². The van der Waals surface area contributed by atoms with E-state index in [1.54, 1.807) is 18.2 Å². The van der Waals surface area contributed by atoms with E-state index in [2.05, 4.69) is 0 Å². The highest BCUT2D eigenvalue weighted by Gasteiger charge is 2.14. The third kappa shape index (κ3) is 3.68. The molecule has 2 N–H and O–H groups in total. The quantitative estimate of drug-likeness (QED) is 0.618. The van der Waals surface area contributed by atoms with Crippen molar-refractivity contribution < 1.29 is 29.2 Å². The minimum absolute atomic E-state index is 0.0670. The molecule has 0 unspecified atom stereocenters. The summed E-state index contributed by atoms with van der Waals surface area (Å²) in [6.45, 7) is 1.53. The van der Waals surface area contributed by atoms with Gasteiger partial charge >= 0.3 is 0 Å². The number of ether oxygens (including phenoxy) is 3. The highest BCUT2D eigenvalue weighted by Crippen LogP contribution is 2.38. The molecule has 0 bridgehead atoms. The molecular weight excluding hydrogens is 324 g/mol. The van der Waals surface area contributed by atoms with Gasteiger partial charge in [-0.25, -0.2) is 0 Å². The number of rotatable bonds is 6. The molecule has 0 heterocycles. The summed E-state index contributed by atoms with van der Waals surface area (Å²) in [5, 5.41) is 19.6. The third-order valence-corrected chi connectivity index (χ3v) is 3.78. The van der Waals surface area contributed by atoms with E-state index >= 15 is 0 Å². The molecule has 0 aliphatic carbocycles. The van der Waals surface area contributed by atoms with Crippen LogP contribution >= 0.6 is 0 Å². The number of benzene rings is 2. The fourth-order valence-corrected chi connectivity index (χ4v) is 2.35. The Bertz CT molecular complexity index is 798. The molecule has 6 heteroatoms. The maximum atomic E-state index is 12.3. The Morgan fingerprint density at radius 3 is 2.12 bits per heavy atom. The van der Waals surface area contributed by atoms with E-state index in [0.29, 0.717) is 22.8 Å². The summed E-state index contributed by atoms with van der Waals surface area (Å²) in [6.07, 6.45) is 2.90. The van der Waals surface area contributed by atoms with Gasteiger partial charge in [0.2, 0.25) is 5.75 Å². The van der Waals surface area contributed by atoms with Crippen LogP contribution in [0.4, 0.5) is 0 Å². The highest BCUT2D eigenvalue weighted by molar-refractivity contribution is 6.09. The number of phenolic OH excluding ortho intramolecular Hbond substituents is 2. The third-order valence-electron chi connectivity index (χ3n) is 3.78. The first-order valence-corrected chi connectivity index (χ1v) is 7.46. The molecule has 0 fully saturated rings. The van der Waals surface area contributed by atoms with Gasteiger partial charge in [0.25, 0.3) is 0 Å². The van der Waals surface area contributed by atoms with E-state index in [1.807, 2.05) is 0 Å². The van der Waals surface area contributed by atoms with Crippen LogP contribution in [0.1, 0.15) is 21.5 Å². The second-order valence-electron chi connectivity index (χ2n) is 5.26. The summed E-state index contributed by atoms with van der Waals surface area (Å²) in [5.41, 5.74) is 1.03. The molecule has 0 spiro atoms. The lowest BCUT2D eigenvalue weighted by atomic mass is 10.0. The molecule has 0 saturated carbocycles. The van der Waals surface area contributed by atoms with Crippen molar-refractivity contribution >= 4 is 11.9 Å². The molecule has 0 saturated heterocycles. The van der Waals surface area contributed by atoms with Gasteiger partial charge in [-0.1, -0.05) is 6.08 Å². The maximum absolute atomic E-state index is 12.3. The second-order valence-corrected chi connectivity index (χ2v) is 5.26. The van der Waals surface area contributed by atoms with Gasteiger partial charge in [0, 0.05) is 5.56 Å². The van der Waals surface area contributed by atoms with Crippen molar-refractivity contribution in [1.82, 2.24) is 0 Å². The van der Waals surface area contributed by atoms with Gasteiger partial charge in [0.1, 0.15) is 11.5 Å². The Hall–Kier alpha value is -3.15. The summed E-state index contributed by atoms with van der Waals surface area (Å²) in [6, 6.07) is 6.15. The predicted octanol–water partition coefficient (Wildman–Crippen LogP) is 3.33. The van der Waals surface area contributed by atoms with Crippen LogP contribution in [0, 0.1) is 6.92 Å². The van der Waals surface area contributed by atoms with E-state index in [4.69, 9.17) is 14.2 Å². The normalized spacial score (nSPS) is 10.7. The van der Waals surface area contributed by atoms with Crippen molar-refractivity contribution in [3.63, 3.8) is 0 Å². The minimum Gasteiger partial charge on any atom is -0.508 e. The van der Waals surface area contributed by atoms with Crippen LogP contribution in [0.3, 0.4) is 0 Å². The lowest BCUT2D eigenvalue weighted by molar-refractivity contribution is 0.104. The zero-order valence-electron chi connectivity index (χ0n) is 14.5. The standard InChI is InChI=1S/C19H20O6/c1-11-14(20)8-6-13(18(11)22)15(21)7-5-12-9-16(23-2)19(25-4)17(10-12)24-3/h5-10,20,22H,1-4H3/b7-5+. The van der Waals surface area contributed by atoms with Crippen LogP contribution in [-0.2, 0) is 0 Å². The lowest BCUT2D eigenvalue weighted by Crippen LogP contribution is -1.97. The predicted molar refractivity (Wildman–Crippen MR) is 94.0 cm³/mol. The first-order chi connectivity index (χ1) is 11.9. The van der Waals surface area contributed by atoms with Crippen molar-refractivity contribution in [1.29, 1.82) is 0 Å². The molecule has 132 valence electrons. The van der Waals surface area contributed by atoms with Gasteiger partial charge in [0.15, 0.2) is 17.3 Å². The number of allylic oxidation sites excluding steroid dienone is 1. The number of hydrogen-bond acceptors (Lipinski definition) is 6. The Morgan fingerprint density at radius 2 is 1.60 bits per heavy atom. The number of methoxy groups -OCH3 is 3. The van der Waals surface area contributed by atoms with Crippen molar-refractivity contribution in [2.24, 2.45) is 0 Å². The van der Waals surface area contributed by atoms with Gasteiger partial charge < -0.3 is 24.4 Å². The van der Waals surface area contributed by atoms with Gasteiger partial charge in [-0.3, -0.25) is 4.79 Å². The molecule has 0 amide bonds. The molecule has 0 atom stereocenters. The number of aromatic hydroxyl groups is 2. The van der Waals surface area contributed by atoms with Crippen molar-refractivity contribution in [3.05, 3.63) is 47.0 Å². The van der Waals surface area contributed by atoms with E-state index in [9.17, 15) is 15.0 Å². The average Bonchev–Trinajstić information content (AvgIpc) is 2.63. The van der Waals surface area contributed by atoms with Gasteiger partial charge in [-0.15, -0.1) is 0 Å². The largest absolute Gasteiger partial charge is 0.508 e. The topological polar surface area (TPSA) is 85.2 Å². The smallest absolute Gasteiger partial charge is 0.203 e. The highest BCUT2D eigenvalue weighted by atomic mass is 16.5. The minimum atomic E-state index is -0.394. The zero-order chi connectivity index (χ0) is 18.6. The number of phenols is 2. The Labute approximate surface area is 145 Å². The number of hydrogen-bond donors (Lipinski definition) is 2. The number of carbonyl (C=O) groups is 1. The lowest BCUT2D eigenvalue weighted by Gasteiger charge is -2.12. The summed E-state index contributed by atoms with van der Waals surface area (Å²) >= 11 is 0.